The van der Waals surface area contributed by atoms with Crippen LogP contribution >= 0.6 is 0 Å². The van der Waals surface area contributed by atoms with E-state index in [0.717, 1.165) is 18.0 Å². The van der Waals surface area contributed by atoms with Gasteiger partial charge in [-0.3, -0.25) is 4.98 Å². The van der Waals surface area contributed by atoms with Gasteiger partial charge >= 0.3 is 0 Å². The van der Waals surface area contributed by atoms with Crippen LogP contribution in [0.1, 0.15) is 49.4 Å². The van der Waals surface area contributed by atoms with Gasteiger partial charge in [-0.25, -0.2) is 0 Å². The normalized spacial score (nSPS) is 36.2. The summed E-state index contributed by atoms with van der Waals surface area (Å²) in [6.45, 7) is 1.18. The van der Waals surface area contributed by atoms with Gasteiger partial charge in [0, 0.05) is 18.3 Å². The number of hydrogen-bond donors (Lipinski definition) is 1. The lowest BCUT2D eigenvalue weighted by Crippen LogP contribution is -2.42. The van der Waals surface area contributed by atoms with E-state index in [4.69, 9.17) is 0 Å². The Kier molecular flexibility index (Phi) is 3.27. The summed E-state index contributed by atoms with van der Waals surface area (Å²) in [5.41, 5.74) is 2.76. The van der Waals surface area contributed by atoms with Crippen LogP contribution in [0.5, 0.6) is 0 Å². The number of fused-ring (bicyclic) bond motifs is 3. The molecule has 1 N–H and O–H groups in total. The van der Waals surface area contributed by atoms with Crippen LogP contribution in [0.3, 0.4) is 0 Å². The summed E-state index contributed by atoms with van der Waals surface area (Å²) >= 11 is 0. The second-order valence-corrected chi connectivity index (χ2v) is 6.94. The molecule has 0 saturated carbocycles. The lowest BCUT2D eigenvalue weighted by molar-refractivity contribution is 0.131. The third-order valence-corrected chi connectivity index (χ3v) is 5.81. The highest BCUT2D eigenvalue weighted by Crippen LogP contribution is 2.37. The summed E-state index contributed by atoms with van der Waals surface area (Å²) in [5, 5.41) is 3.81. The third-order valence-electron chi connectivity index (χ3n) is 5.81. The van der Waals surface area contributed by atoms with Crippen LogP contribution in [-0.4, -0.2) is 35.6 Å². The summed E-state index contributed by atoms with van der Waals surface area (Å²) in [6, 6.07) is 6.52. The molecule has 2 saturated heterocycles. The van der Waals surface area contributed by atoms with E-state index >= 15 is 0 Å². The van der Waals surface area contributed by atoms with Crippen molar-refractivity contribution < 1.29 is 0 Å². The average Bonchev–Trinajstić information content (AvgIpc) is 2.95. The molecule has 0 radical (unpaired) electrons. The Hall–Kier alpha value is -0.930. The van der Waals surface area contributed by atoms with Crippen LogP contribution in [0, 0.1) is 5.92 Å². The molecule has 2 fully saturated rings. The minimum Gasteiger partial charge on any atom is -0.308 e. The van der Waals surface area contributed by atoms with Crippen LogP contribution in [-0.2, 0) is 6.42 Å². The average molecular weight is 271 g/mol. The molecule has 0 amide bonds. The van der Waals surface area contributed by atoms with Gasteiger partial charge in [0.05, 0.1) is 11.7 Å². The van der Waals surface area contributed by atoms with Crippen molar-refractivity contribution in [2.24, 2.45) is 5.92 Å². The molecule has 3 heterocycles. The van der Waals surface area contributed by atoms with Gasteiger partial charge < -0.3 is 10.2 Å². The summed E-state index contributed by atoms with van der Waals surface area (Å²) < 4.78 is 0. The maximum absolute atomic E-state index is 4.59. The van der Waals surface area contributed by atoms with Gasteiger partial charge in [0.2, 0.25) is 0 Å². The van der Waals surface area contributed by atoms with Gasteiger partial charge in [-0.1, -0.05) is 6.07 Å². The fourth-order valence-corrected chi connectivity index (χ4v) is 4.61. The predicted molar refractivity (Wildman–Crippen MR) is 80.6 cm³/mol. The Balaban J connectivity index is 1.36. The second kappa shape index (κ2) is 5.12. The zero-order valence-corrected chi connectivity index (χ0v) is 12.4. The van der Waals surface area contributed by atoms with Gasteiger partial charge in [0.25, 0.3) is 0 Å². The molecule has 0 aromatic carbocycles. The molecule has 3 nitrogen and oxygen atoms in total. The summed E-state index contributed by atoms with van der Waals surface area (Å²) in [7, 11) is 2.32. The van der Waals surface area contributed by atoms with Crippen molar-refractivity contribution in [2.75, 3.05) is 13.6 Å². The first-order valence-corrected chi connectivity index (χ1v) is 8.20. The molecule has 3 unspecified atom stereocenters. The first-order valence-electron chi connectivity index (χ1n) is 8.20. The highest BCUT2D eigenvalue weighted by Gasteiger charge is 2.38. The maximum atomic E-state index is 4.59. The number of hydrogen-bond acceptors (Lipinski definition) is 3. The Morgan fingerprint density at radius 1 is 1.25 bits per heavy atom. The zero-order chi connectivity index (χ0) is 13.5. The zero-order valence-electron chi connectivity index (χ0n) is 12.4. The number of aromatic nitrogens is 1. The number of piperidine rings is 1. The first-order chi connectivity index (χ1) is 9.81. The largest absolute Gasteiger partial charge is 0.308 e. The van der Waals surface area contributed by atoms with E-state index in [1.54, 1.807) is 0 Å². The standard InChI is InChI=1S/C17H25N3/c1-20-14-5-6-15(20)10-12(9-14)11-19-16-7-4-13-3-2-8-18-17(13)16/h2-3,8,12,14-16,19H,4-7,9-11H2,1H3. The van der Waals surface area contributed by atoms with Crippen molar-refractivity contribution in [2.45, 2.75) is 56.7 Å². The molecule has 1 aromatic heterocycles. The molecular weight excluding hydrogens is 246 g/mol. The molecule has 3 atom stereocenters. The molecule has 1 aromatic rings. The van der Waals surface area contributed by atoms with E-state index in [0.29, 0.717) is 6.04 Å². The fraction of sp³-hybridized carbons (Fsp3) is 0.706. The van der Waals surface area contributed by atoms with Crippen molar-refractivity contribution in [3.63, 3.8) is 0 Å². The van der Waals surface area contributed by atoms with E-state index in [9.17, 15) is 0 Å². The lowest BCUT2D eigenvalue weighted by atomic mass is 9.91. The predicted octanol–water partition coefficient (Wildman–Crippen LogP) is 2.53. The van der Waals surface area contributed by atoms with Crippen LogP contribution in [0.15, 0.2) is 18.3 Å². The van der Waals surface area contributed by atoms with Crippen molar-refractivity contribution in [3.05, 3.63) is 29.6 Å². The highest BCUT2D eigenvalue weighted by atomic mass is 15.2. The van der Waals surface area contributed by atoms with Gasteiger partial charge in [0.1, 0.15) is 0 Å². The number of rotatable bonds is 3. The summed E-state index contributed by atoms with van der Waals surface area (Å²) in [5.74, 6) is 0.872. The number of pyridine rings is 1. The Labute approximate surface area is 121 Å². The minimum absolute atomic E-state index is 0.503. The molecule has 1 aliphatic carbocycles. The van der Waals surface area contributed by atoms with Crippen LogP contribution in [0.2, 0.25) is 0 Å². The molecule has 2 aliphatic heterocycles. The monoisotopic (exact) mass is 271 g/mol. The van der Waals surface area contributed by atoms with Gasteiger partial charge in [-0.2, -0.15) is 0 Å². The van der Waals surface area contributed by atoms with E-state index in [1.165, 1.54) is 56.3 Å². The number of nitrogens with one attached hydrogen (secondary N) is 1. The SMILES string of the molecule is CN1C2CCC1CC(CNC1CCc3cccnc31)C2. The van der Waals surface area contributed by atoms with Crippen LogP contribution in [0.4, 0.5) is 0 Å². The van der Waals surface area contributed by atoms with Crippen LogP contribution in [0.25, 0.3) is 0 Å². The minimum atomic E-state index is 0.503. The summed E-state index contributed by atoms with van der Waals surface area (Å²) in [4.78, 5) is 7.22. The topological polar surface area (TPSA) is 28.2 Å². The molecule has 2 bridgehead atoms. The van der Waals surface area contributed by atoms with Gasteiger partial charge in [0.15, 0.2) is 0 Å². The summed E-state index contributed by atoms with van der Waals surface area (Å²) in [6.07, 6.45) is 9.99. The van der Waals surface area contributed by atoms with E-state index in [2.05, 4.69) is 34.4 Å². The van der Waals surface area contributed by atoms with Crippen molar-refractivity contribution in [3.8, 4) is 0 Å². The molecule has 108 valence electrons. The van der Waals surface area contributed by atoms with Gasteiger partial charge in [-0.15, -0.1) is 0 Å². The molecule has 3 aliphatic rings. The Morgan fingerprint density at radius 2 is 2.05 bits per heavy atom. The lowest BCUT2D eigenvalue weighted by Gasteiger charge is -2.36. The highest BCUT2D eigenvalue weighted by molar-refractivity contribution is 5.27. The number of aryl methyl sites for hydroxylation is 1. The molecule has 4 rings (SSSR count). The Morgan fingerprint density at radius 3 is 2.85 bits per heavy atom. The molecular formula is C17H25N3. The van der Waals surface area contributed by atoms with Crippen LogP contribution < -0.4 is 5.32 Å². The molecule has 20 heavy (non-hydrogen) atoms. The number of nitrogens with zero attached hydrogens (tertiary/aromatic N) is 2. The fourth-order valence-electron chi connectivity index (χ4n) is 4.61. The Bertz CT molecular complexity index is 473. The van der Waals surface area contributed by atoms with E-state index < -0.39 is 0 Å². The molecule has 0 spiro atoms. The molecule has 3 heteroatoms. The van der Waals surface area contributed by atoms with E-state index in [1.807, 2.05) is 6.20 Å². The first kappa shape index (κ1) is 12.8. The third kappa shape index (κ3) is 2.17. The van der Waals surface area contributed by atoms with Crippen molar-refractivity contribution in [1.29, 1.82) is 0 Å². The van der Waals surface area contributed by atoms with Crippen molar-refractivity contribution in [1.82, 2.24) is 15.2 Å². The second-order valence-electron chi connectivity index (χ2n) is 6.94. The smallest absolute Gasteiger partial charge is 0.0605 e. The maximum Gasteiger partial charge on any atom is 0.0605 e. The van der Waals surface area contributed by atoms with E-state index in [-0.39, 0.29) is 0 Å². The quantitative estimate of drug-likeness (QED) is 0.915. The van der Waals surface area contributed by atoms with Gasteiger partial charge in [-0.05, 0) is 69.7 Å². The van der Waals surface area contributed by atoms with Crippen molar-refractivity contribution >= 4 is 0 Å².